The van der Waals surface area contributed by atoms with Crippen LogP contribution in [0.15, 0.2) is 59.4 Å². The third-order valence-electron chi connectivity index (χ3n) is 9.34. The van der Waals surface area contributed by atoms with Gasteiger partial charge in [0.1, 0.15) is 12.2 Å². The minimum Gasteiger partial charge on any atom is -0.748 e. The summed E-state index contributed by atoms with van der Waals surface area (Å²) in [6.07, 6.45) is 12.3. The zero-order chi connectivity index (χ0) is 41.5. The monoisotopic (exact) mass is 917 g/mol. The predicted molar refractivity (Wildman–Crippen MR) is 199 cm³/mol. The zero-order valence-corrected chi connectivity index (χ0v) is 43.1. The van der Waals surface area contributed by atoms with Gasteiger partial charge in [0.25, 0.3) is 6.47 Å². The molecule has 17 nitrogen and oxygen atoms in total. The smallest absolute Gasteiger partial charge is 0.748 e. The van der Waals surface area contributed by atoms with E-state index in [1.165, 1.54) is 0 Å². The molecular formula is C34H46N3Na3O14S4. The molecule has 58 heavy (non-hydrogen) atoms. The summed E-state index contributed by atoms with van der Waals surface area (Å²) in [6, 6.07) is 8.75. The second-order valence-corrected chi connectivity index (χ2v) is 18.3. The van der Waals surface area contributed by atoms with E-state index in [1.54, 1.807) is 36.2 Å². The van der Waals surface area contributed by atoms with Gasteiger partial charge in [0.15, 0.2) is 5.71 Å². The fraction of sp³-hybridized carbons (Fsp3) is 0.559. The van der Waals surface area contributed by atoms with Crippen molar-refractivity contribution in [3.05, 3.63) is 65.9 Å². The number of ether oxygens (including phenoxy) is 1. The molecule has 0 aliphatic carbocycles. The summed E-state index contributed by atoms with van der Waals surface area (Å²) < 4.78 is 134. The van der Waals surface area contributed by atoms with Crippen molar-refractivity contribution >= 4 is 64.5 Å². The van der Waals surface area contributed by atoms with Gasteiger partial charge < -0.3 is 18.4 Å². The number of hydrogen-bond acceptors (Lipinski definition) is 16. The molecule has 1 aromatic carbocycles. The molecule has 2 aliphatic heterocycles. The Hall–Kier alpha value is -0.600. The van der Waals surface area contributed by atoms with Gasteiger partial charge >= 0.3 is 99.3 Å². The van der Waals surface area contributed by atoms with Crippen LogP contribution in [0.25, 0.3) is 0 Å². The number of rotatable bonds is 22. The Kier molecular flexibility index (Phi) is 28.2. The molecule has 308 valence electrons. The van der Waals surface area contributed by atoms with E-state index < -0.39 is 69.1 Å². The predicted octanol–water partition coefficient (Wildman–Crippen LogP) is -6.53. The quantitative estimate of drug-likeness (QED) is 0.0199. The van der Waals surface area contributed by atoms with Crippen LogP contribution in [0.2, 0.25) is 0 Å². The number of benzene rings is 1. The first-order valence-electron chi connectivity index (χ1n) is 17.2. The van der Waals surface area contributed by atoms with Crippen LogP contribution in [-0.2, 0) is 55.9 Å². The molecule has 2 unspecified atom stereocenters. The molecule has 3 rings (SSSR count). The van der Waals surface area contributed by atoms with Crippen molar-refractivity contribution in [1.82, 2.24) is 5.01 Å². The molecule has 1 aromatic rings. The maximum absolute atomic E-state index is 11.5. The first-order chi connectivity index (χ1) is 25.5. The molecule has 0 radical (unpaired) electrons. The second kappa shape index (κ2) is 27.5. The molecular weight excluding hydrogens is 872 g/mol. The van der Waals surface area contributed by atoms with Crippen LogP contribution in [0.4, 0.5) is 5.69 Å². The first-order valence-corrected chi connectivity index (χ1v) is 22.9. The summed E-state index contributed by atoms with van der Waals surface area (Å²) in [5.41, 5.74) is 2.68. The average molecular weight is 918 g/mol. The molecule has 0 spiro atoms. The van der Waals surface area contributed by atoms with Gasteiger partial charge in [-0.1, -0.05) is 30.7 Å². The van der Waals surface area contributed by atoms with Crippen LogP contribution in [-0.4, -0.2) is 116 Å². The molecule has 24 heteroatoms. The molecule has 2 atom stereocenters. The SMILES string of the molecule is CC1=NN(CCCS(=O)(=O)[O-])\C(=C/C=C/C=C/C2=[N+](CCCCCOC=O)c3cc[c-]cc3C2(C)CCCS(=O)(=O)[O-])C1(C)CCCS(=O)(=O)[O-].O=S(=O)=O.[Na+].[Na+].[Na+]. The Morgan fingerprint density at radius 3 is 1.93 bits per heavy atom. The number of nitrogens with zero attached hydrogens (tertiary/aromatic N) is 3. The van der Waals surface area contributed by atoms with E-state index in [2.05, 4.69) is 15.7 Å². The molecule has 2 aliphatic rings. The molecule has 0 bridgehead atoms. The van der Waals surface area contributed by atoms with E-state index in [1.807, 2.05) is 38.1 Å². The van der Waals surface area contributed by atoms with Crippen molar-refractivity contribution in [1.29, 1.82) is 0 Å². The molecule has 0 aromatic heterocycles. The van der Waals surface area contributed by atoms with Gasteiger partial charge in [-0.2, -0.15) is 23.3 Å². The summed E-state index contributed by atoms with van der Waals surface area (Å²) >= 11 is 0. The number of hydrogen-bond donors (Lipinski definition) is 0. The largest absolute Gasteiger partial charge is 1.00 e. The number of fused-ring (bicyclic) bond motifs is 1. The van der Waals surface area contributed by atoms with Crippen LogP contribution >= 0.6 is 0 Å². The molecule has 0 saturated carbocycles. The maximum Gasteiger partial charge on any atom is 1.00 e. The number of allylic oxidation sites excluding steroid dienone is 6. The zero-order valence-electron chi connectivity index (χ0n) is 33.8. The van der Waals surface area contributed by atoms with Gasteiger partial charge in [-0.3, -0.25) is 9.80 Å². The van der Waals surface area contributed by atoms with E-state index in [0.29, 0.717) is 43.9 Å². The minimum atomic E-state index is -4.44. The number of hydrazone groups is 1. The third-order valence-corrected chi connectivity index (χ3v) is 11.7. The van der Waals surface area contributed by atoms with Gasteiger partial charge in [-0.15, -0.1) is 18.7 Å². The Bertz CT molecular complexity index is 2120. The first kappa shape index (κ1) is 59.5. The maximum atomic E-state index is 11.5. The molecule has 0 saturated heterocycles. The summed E-state index contributed by atoms with van der Waals surface area (Å²) in [5.74, 6) is -1.61. The van der Waals surface area contributed by atoms with Crippen LogP contribution < -0.4 is 88.7 Å². The van der Waals surface area contributed by atoms with Crippen LogP contribution in [0.3, 0.4) is 0 Å². The minimum absolute atomic E-state index is 0. The van der Waals surface area contributed by atoms with Crippen LogP contribution in [0.1, 0.15) is 77.7 Å². The van der Waals surface area contributed by atoms with Gasteiger partial charge in [-0.25, -0.2) is 29.8 Å². The number of unbranched alkanes of at least 4 members (excludes halogenated alkanes) is 2. The summed E-state index contributed by atoms with van der Waals surface area (Å²) in [5, 5.41) is 6.17. The van der Waals surface area contributed by atoms with Gasteiger partial charge in [0, 0.05) is 58.5 Å². The Morgan fingerprint density at radius 1 is 0.828 bits per heavy atom. The van der Waals surface area contributed by atoms with Crippen molar-refractivity contribution in [2.75, 3.05) is 37.0 Å². The Labute approximate surface area is 410 Å². The van der Waals surface area contributed by atoms with Crippen molar-refractivity contribution in [2.24, 2.45) is 10.5 Å². The topological polar surface area (TPSA) is 268 Å². The van der Waals surface area contributed by atoms with Crippen LogP contribution in [0.5, 0.6) is 0 Å². The summed E-state index contributed by atoms with van der Waals surface area (Å²) in [6.45, 7) is 7.14. The van der Waals surface area contributed by atoms with E-state index in [-0.39, 0.29) is 121 Å². The second-order valence-electron chi connectivity index (χ2n) is 13.3. The van der Waals surface area contributed by atoms with E-state index in [4.69, 9.17) is 17.4 Å². The van der Waals surface area contributed by atoms with Gasteiger partial charge in [0.2, 0.25) is 0 Å². The van der Waals surface area contributed by atoms with E-state index in [9.17, 15) is 43.7 Å². The Morgan fingerprint density at radius 2 is 1.38 bits per heavy atom. The number of carbonyl (C=O) groups is 1. The average Bonchev–Trinajstić information content (AvgIpc) is 3.42. The van der Waals surface area contributed by atoms with Crippen LogP contribution in [0, 0.1) is 11.5 Å². The van der Waals surface area contributed by atoms with Crippen molar-refractivity contribution in [3.8, 4) is 0 Å². The van der Waals surface area contributed by atoms with Crippen molar-refractivity contribution in [3.63, 3.8) is 0 Å². The number of carbonyl (C=O) groups excluding carboxylic acids is 1. The van der Waals surface area contributed by atoms with Crippen molar-refractivity contribution < 1.29 is 154 Å². The molecule has 0 N–H and O–H groups in total. The summed E-state index contributed by atoms with van der Waals surface area (Å²) in [4.78, 5) is 10.5. The van der Waals surface area contributed by atoms with E-state index >= 15 is 0 Å². The molecule has 0 amide bonds. The fourth-order valence-corrected chi connectivity index (χ4v) is 8.12. The molecule has 0 fully saturated rings. The summed E-state index contributed by atoms with van der Waals surface area (Å²) in [7, 11) is -16.4. The standard InChI is InChI=1S/C34H49N3O11S3.3Na.O3S/c1-28-33(2,19-12-24-49(39,40)41)32(37(35-28)22-14-26-51(45,46)47)18-7-4-6-17-31-34(3,20-13-25-50(42,43)44)29-15-8-9-16-30(29)36(31)21-10-5-11-23-48-27-38;;;;1-4(2)3/h4,6-7,9,15-18,27H,5,10-14,19-26H2,1-3H3,(H,39,40,41)(H,42,43,44)(H,45,46,47);;;;/q;3*+1;/p-3. The molecule has 2 heterocycles. The normalized spacial score (nSPS) is 19.8. The fourth-order valence-electron chi connectivity index (χ4n) is 6.64. The van der Waals surface area contributed by atoms with E-state index in [0.717, 1.165) is 29.8 Å². The van der Waals surface area contributed by atoms with Crippen molar-refractivity contribution in [2.45, 2.75) is 77.6 Å². The van der Waals surface area contributed by atoms with Gasteiger partial charge in [0.05, 0.1) is 37.0 Å². The third kappa shape index (κ3) is 20.5. The van der Waals surface area contributed by atoms with Gasteiger partial charge in [-0.05, 0) is 64.9 Å². The Balaban J connectivity index is 0.